The highest BCUT2D eigenvalue weighted by Gasteiger charge is 2.11. The molecular weight excluding hydrogens is 331 g/mol. The third-order valence-corrected chi connectivity index (χ3v) is 4.32. The maximum Gasteiger partial charge on any atom is 0.240 e. The van der Waals surface area contributed by atoms with Crippen molar-refractivity contribution in [3.63, 3.8) is 0 Å². The van der Waals surface area contributed by atoms with E-state index in [4.69, 9.17) is 4.74 Å². The lowest BCUT2D eigenvalue weighted by Crippen LogP contribution is -1.90. The van der Waals surface area contributed by atoms with Crippen LogP contribution in [0, 0.1) is 12.7 Å². The lowest BCUT2D eigenvalue weighted by molar-refractivity contribution is 0.463. The number of thiophene rings is 1. The van der Waals surface area contributed by atoms with Gasteiger partial charge >= 0.3 is 0 Å². The summed E-state index contributed by atoms with van der Waals surface area (Å²) in [4.78, 5) is 8.32. The molecule has 3 rings (SSSR count). The summed E-state index contributed by atoms with van der Waals surface area (Å²) in [7, 11) is 0. The lowest BCUT2D eigenvalue weighted by Gasteiger charge is -2.05. The van der Waals surface area contributed by atoms with Crippen LogP contribution in [0.2, 0.25) is 0 Å². The van der Waals surface area contributed by atoms with Crippen molar-refractivity contribution < 1.29 is 9.13 Å². The number of ether oxygens (including phenoxy) is 1. The van der Waals surface area contributed by atoms with E-state index in [1.165, 1.54) is 23.7 Å². The molecule has 2 heterocycles. The third-order valence-electron chi connectivity index (χ3n) is 2.60. The minimum atomic E-state index is -0.370. The molecule has 1 aromatic carbocycles. The first-order valence-corrected chi connectivity index (χ1v) is 7.14. The van der Waals surface area contributed by atoms with Crippen LogP contribution in [0.3, 0.4) is 0 Å². The molecule has 0 radical (unpaired) electrons. The van der Waals surface area contributed by atoms with Crippen molar-refractivity contribution >= 4 is 37.5 Å². The molecule has 96 valence electrons. The highest BCUT2D eigenvalue weighted by molar-refractivity contribution is 9.10. The molecule has 0 N–H and O–H groups in total. The number of fused-ring (bicyclic) bond motifs is 1. The molecule has 0 atom stereocenters. The van der Waals surface area contributed by atoms with Crippen molar-refractivity contribution in [2.75, 3.05) is 0 Å². The maximum atomic E-state index is 13.4. The number of hydrogen-bond donors (Lipinski definition) is 0. The average molecular weight is 339 g/mol. The van der Waals surface area contributed by atoms with Gasteiger partial charge in [0.25, 0.3) is 0 Å². The maximum absolute atomic E-state index is 13.4. The van der Waals surface area contributed by atoms with Gasteiger partial charge in [0.05, 0.1) is 9.99 Å². The summed E-state index contributed by atoms with van der Waals surface area (Å²) in [5, 5.41) is 1.99. The van der Waals surface area contributed by atoms with Crippen LogP contribution in [-0.4, -0.2) is 9.97 Å². The lowest BCUT2D eigenvalue weighted by atomic mass is 10.3. The Kier molecular flexibility index (Phi) is 3.20. The van der Waals surface area contributed by atoms with E-state index in [1.54, 1.807) is 12.1 Å². The first-order chi connectivity index (χ1) is 9.15. The molecule has 3 nitrogen and oxygen atoms in total. The monoisotopic (exact) mass is 338 g/mol. The van der Waals surface area contributed by atoms with Crippen LogP contribution in [0.25, 0.3) is 10.2 Å². The smallest absolute Gasteiger partial charge is 0.240 e. The van der Waals surface area contributed by atoms with E-state index in [2.05, 4.69) is 25.9 Å². The summed E-state index contributed by atoms with van der Waals surface area (Å²) >= 11 is 4.62. The zero-order valence-corrected chi connectivity index (χ0v) is 12.3. The topological polar surface area (TPSA) is 35.0 Å². The van der Waals surface area contributed by atoms with Crippen molar-refractivity contribution in [3.05, 3.63) is 45.8 Å². The summed E-state index contributed by atoms with van der Waals surface area (Å²) in [5.74, 6) is 0.488. The van der Waals surface area contributed by atoms with Gasteiger partial charge in [-0.15, -0.1) is 11.3 Å². The van der Waals surface area contributed by atoms with Crippen LogP contribution in [0.5, 0.6) is 11.6 Å². The van der Waals surface area contributed by atoms with Crippen molar-refractivity contribution in [3.8, 4) is 11.6 Å². The van der Waals surface area contributed by atoms with E-state index in [0.717, 1.165) is 15.8 Å². The van der Waals surface area contributed by atoms with E-state index in [1.807, 2.05) is 12.3 Å². The van der Waals surface area contributed by atoms with Crippen molar-refractivity contribution in [1.29, 1.82) is 0 Å². The van der Waals surface area contributed by atoms with Gasteiger partial charge in [0.15, 0.2) is 0 Å². The molecule has 0 unspecified atom stereocenters. The number of aromatic nitrogens is 2. The Morgan fingerprint density at radius 2 is 2.16 bits per heavy atom. The molecule has 0 aliphatic heterocycles. The van der Waals surface area contributed by atoms with Crippen LogP contribution >= 0.6 is 27.3 Å². The van der Waals surface area contributed by atoms with Crippen LogP contribution in [-0.2, 0) is 0 Å². The first kappa shape index (κ1) is 12.5. The minimum absolute atomic E-state index is 0.370. The summed E-state index contributed by atoms with van der Waals surface area (Å²) in [6.45, 7) is 1.98. The van der Waals surface area contributed by atoms with Gasteiger partial charge in [-0.05, 0) is 45.9 Å². The molecule has 6 heteroatoms. The van der Waals surface area contributed by atoms with Gasteiger partial charge in [0.1, 0.15) is 22.6 Å². The molecule has 3 aromatic rings. The Balaban J connectivity index is 2.03. The largest absolute Gasteiger partial charge is 0.437 e. The van der Waals surface area contributed by atoms with Gasteiger partial charge in [0.2, 0.25) is 5.88 Å². The Hall–Kier alpha value is -1.53. The van der Waals surface area contributed by atoms with Gasteiger partial charge in [-0.3, -0.25) is 0 Å². The molecular formula is C13H8BrFN2OS. The van der Waals surface area contributed by atoms with E-state index >= 15 is 0 Å². The number of nitrogens with zero attached hydrogens (tertiary/aromatic N) is 2. The Bertz CT molecular complexity index is 759. The molecule has 0 amide bonds. The van der Waals surface area contributed by atoms with Crippen LogP contribution in [0.15, 0.2) is 34.4 Å². The SMILES string of the molecule is Cc1csc2c(Oc3ccc(Br)c(F)c3)ncnc12. The highest BCUT2D eigenvalue weighted by atomic mass is 79.9. The number of rotatable bonds is 2. The Morgan fingerprint density at radius 3 is 2.95 bits per heavy atom. The molecule has 0 aliphatic rings. The normalized spacial score (nSPS) is 10.9. The second kappa shape index (κ2) is 4.86. The fourth-order valence-corrected chi connectivity index (χ4v) is 2.85. The molecule has 0 saturated heterocycles. The molecule has 0 aliphatic carbocycles. The van der Waals surface area contributed by atoms with Crippen LogP contribution in [0.4, 0.5) is 4.39 Å². The van der Waals surface area contributed by atoms with Crippen molar-refractivity contribution in [2.45, 2.75) is 6.92 Å². The number of halogens is 2. The van der Waals surface area contributed by atoms with Crippen molar-refractivity contribution in [1.82, 2.24) is 9.97 Å². The van der Waals surface area contributed by atoms with E-state index < -0.39 is 0 Å². The quantitative estimate of drug-likeness (QED) is 0.679. The molecule has 0 bridgehead atoms. The zero-order valence-electron chi connectivity index (χ0n) is 9.85. The van der Waals surface area contributed by atoms with Crippen LogP contribution < -0.4 is 4.74 Å². The highest BCUT2D eigenvalue weighted by Crippen LogP contribution is 2.33. The van der Waals surface area contributed by atoms with E-state index in [0.29, 0.717) is 16.1 Å². The molecule has 0 fully saturated rings. The summed E-state index contributed by atoms with van der Waals surface area (Å²) in [6.07, 6.45) is 1.45. The number of benzene rings is 1. The van der Waals surface area contributed by atoms with Gasteiger partial charge < -0.3 is 4.74 Å². The Labute approximate surface area is 121 Å². The molecule has 0 spiro atoms. The predicted molar refractivity (Wildman–Crippen MR) is 76.3 cm³/mol. The summed E-state index contributed by atoms with van der Waals surface area (Å²) in [6, 6.07) is 4.60. The molecule has 2 aromatic heterocycles. The fraction of sp³-hybridized carbons (Fsp3) is 0.0769. The van der Waals surface area contributed by atoms with Gasteiger partial charge in [-0.2, -0.15) is 0 Å². The van der Waals surface area contributed by atoms with Crippen molar-refractivity contribution in [2.24, 2.45) is 0 Å². The van der Waals surface area contributed by atoms with Gasteiger partial charge in [-0.1, -0.05) is 0 Å². The first-order valence-electron chi connectivity index (χ1n) is 5.47. The minimum Gasteiger partial charge on any atom is -0.437 e. The number of hydrogen-bond acceptors (Lipinski definition) is 4. The summed E-state index contributed by atoms with van der Waals surface area (Å²) < 4.78 is 20.3. The zero-order chi connectivity index (χ0) is 13.4. The predicted octanol–water partition coefficient (Wildman–Crippen LogP) is 4.69. The number of aryl methyl sites for hydroxylation is 1. The van der Waals surface area contributed by atoms with Gasteiger partial charge in [0, 0.05) is 6.07 Å². The average Bonchev–Trinajstić information content (AvgIpc) is 2.77. The fourth-order valence-electron chi connectivity index (χ4n) is 1.67. The van der Waals surface area contributed by atoms with Gasteiger partial charge in [-0.25, -0.2) is 14.4 Å². The summed E-state index contributed by atoms with van der Waals surface area (Å²) in [5.41, 5.74) is 1.95. The second-order valence-electron chi connectivity index (χ2n) is 3.95. The van der Waals surface area contributed by atoms with E-state index in [9.17, 15) is 4.39 Å². The molecule has 19 heavy (non-hydrogen) atoms. The van der Waals surface area contributed by atoms with Crippen LogP contribution in [0.1, 0.15) is 5.56 Å². The third kappa shape index (κ3) is 2.33. The second-order valence-corrected chi connectivity index (χ2v) is 5.69. The Morgan fingerprint density at radius 1 is 1.32 bits per heavy atom. The molecule has 0 saturated carbocycles. The van der Waals surface area contributed by atoms with E-state index in [-0.39, 0.29) is 5.82 Å². The standard InChI is InChI=1S/C13H8BrFN2OS/c1-7-5-19-12-11(7)16-6-17-13(12)18-8-2-3-9(14)10(15)4-8/h2-6H,1H3.